The molecule has 3 aromatic rings. The zero-order chi connectivity index (χ0) is 15.4. The molecular weight excluding hydrogens is 296 g/mol. The van der Waals surface area contributed by atoms with Crippen LogP contribution < -0.4 is 0 Å². The molecule has 0 unspecified atom stereocenters. The van der Waals surface area contributed by atoms with Gasteiger partial charge in [-0.3, -0.25) is 0 Å². The Morgan fingerprint density at radius 3 is 2.73 bits per heavy atom. The second kappa shape index (κ2) is 6.81. The summed E-state index contributed by atoms with van der Waals surface area (Å²) < 4.78 is 7.71. The number of ether oxygens (including phenoxy) is 1. The van der Waals surface area contributed by atoms with Gasteiger partial charge in [-0.25, -0.2) is 15.0 Å². The second-order valence-electron chi connectivity index (χ2n) is 4.88. The first kappa shape index (κ1) is 14.9. The van der Waals surface area contributed by atoms with E-state index < -0.39 is 0 Å². The van der Waals surface area contributed by atoms with Crippen LogP contribution in [0.15, 0.2) is 42.3 Å². The molecule has 0 aliphatic rings. The molecule has 0 saturated carbocycles. The van der Waals surface area contributed by atoms with Crippen LogP contribution in [0, 0.1) is 0 Å². The number of imidazole rings is 1. The molecule has 5 nitrogen and oxygen atoms in total. The molecule has 3 rings (SSSR count). The molecule has 6 heteroatoms. The number of rotatable bonds is 6. The van der Waals surface area contributed by atoms with Crippen molar-refractivity contribution in [3.63, 3.8) is 0 Å². The maximum Gasteiger partial charge on any atom is 0.143 e. The topological polar surface area (TPSA) is 52.8 Å². The highest BCUT2D eigenvalue weighted by Crippen LogP contribution is 2.25. The summed E-state index contributed by atoms with van der Waals surface area (Å²) >= 11 is 1.70. The number of hydrogen-bond donors (Lipinski definition) is 0. The highest BCUT2D eigenvalue weighted by atomic mass is 32.1. The number of hydrogen-bond acceptors (Lipinski definition) is 5. The van der Waals surface area contributed by atoms with E-state index >= 15 is 0 Å². The number of thiophene rings is 1. The number of methoxy groups -OCH3 is 1. The van der Waals surface area contributed by atoms with Gasteiger partial charge in [-0.05, 0) is 11.4 Å². The summed E-state index contributed by atoms with van der Waals surface area (Å²) in [5.41, 5.74) is 0.920. The molecule has 0 fully saturated rings. The van der Waals surface area contributed by atoms with E-state index in [1.54, 1.807) is 24.6 Å². The first-order valence-corrected chi connectivity index (χ1v) is 8.08. The van der Waals surface area contributed by atoms with E-state index in [4.69, 9.17) is 4.74 Å². The summed E-state index contributed by atoms with van der Waals surface area (Å²) in [6, 6.07) is 4.13. The molecule has 0 N–H and O–H groups in total. The van der Waals surface area contributed by atoms with E-state index in [9.17, 15) is 0 Å². The molecule has 0 spiro atoms. The fourth-order valence-electron chi connectivity index (χ4n) is 2.30. The third-order valence-corrected chi connectivity index (χ3v) is 4.47. The zero-order valence-electron chi connectivity index (χ0n) is 12.6. The molecule has 1 atom stereocenters. The standard InChI is InChI=1S/C16H18N4OS/c1-3-15-18-9-12(10-19-15)16-17-6-7-20(16)11-13(21-2)14-5-4-8-22-14/h4-10,13H,3,11H2,1-2H3/t13-/m0/s1. The first-order chi connectivity index (χ1) is 10.8. The molecule has 3 aromatic heterocycles. The Morgan fingerprint density at radius 2 is 2.09 bits per heavy atom. The Balaban J connectivity index is 1.85. The van der Waals surface area contributed by atoms with Crippen LogP contribution in [0.2, 0.25) is 0 Å². The number of aryl methyl sites for hydroxylation is 1. The summed E-state index contributed by atoms with van der Waals surface area (Å²) in [5.74, 6) is 1.71. The van der Waals surface area contributed by atoms with Crippen LogP contribution in [0.1, 0.15) is 23.7 Å². The Kier molecular flexibility index (Phi) is 4.60. The van der Waals surface area contributed by atoms with Crippen molar-refractivity contribution in [3.8, 4) is 11.4 Å². The Hall–Kier alpha value is -2.05. The summed E-state index contributed by atoms with van der Waals surface area (Å²) in [4.78, 5) is 14.3. The lowest BCUT2D eigenvalue weighted by Crippen LogP contribution is -2.10. The van der Waals surface area contributed by atoms with Crippen molar-refractivity contribution in [1.29, 1.82) is 0 Å². The van der Waals surface area contributed by atoms with Crippen molar-refractivity contribution >= 4 is 11.3 Å². The van der Waals surface area contributed by atoms with Gasteiger partial charge in [0, 0.05) is 43.2 Å². The van der Waals surface area contributed by atoms with E-state index in [-0.39, 0.29) is 6.10 Å². The van der Waals surface area contributed by atoms with Crippen LogP contribution in [0.4, 0.5) is 0 Å². The third-order valence-electron chi connectivity index (χ3n) is 3.50. The van der Waals surface area contributed by atoms with Crippen LogP contribution in [0.3, 0.4) is 0 Å². The summed E-state index contributed by atoms with van der Waals surface area (Å²) in [7, 11) is 1.74. The maximum absolute atomic E-state index is 5.63. The van der Waals surface area contributed by atoms with Gasteiger partial charge in [0.1, 0.15) is 17.8 Å². The Morgan fingerprint density at radius 1 is 1.27 bits per heavy atom. The summed E-state index contributed by atoms with van der Waals surface area (Å²) in [6.45, 7) is 2.75. The van der Waals surface area contributed by atoms with Crippen LogP contribution >= 0.6 is 11.3 Å². The predicted molar refractivity (Wildman–Crippen MR) is 86.7 cm³/mol. The predicted octanol–water partition coefficient (Wildman–Crippen LogP) is 3.35. The first-order valence-electron chi connectivity index (χ1n) is 7.20. The molecule has 0 aromatic carbocycles. The van der Waals surface area contributed by atoms with Crippen LogP contribution in [-0.2, 0) is 17.7 Å². The number of nitrogens with zero attached hydrogens (tertiary/aromatic N) is 4. The fourth-order valence-corrected chi connectivity index (χ4v) is 3.10. The van der Waals surface area contributed by atoms with Gasteiger partial charge in [0.2, 0.25) is 0 Å². The van der Waals surface area contributed by atoms with E-state index in [2.05, 4.69) is 31.0 Å². The Labute approximate surface area is 133 Å². The molecule has 0 amide bonds. The summed E-state index contributed by atoms with van der Waals surface area (Å²) in [6.07, 6.45) is 8.27. The average Bonchev–Trinajstić information content (AvgIpc) is 3.24. The SMILES string of the molecule is CCc1ncc(-c2nccn2C[C@H](OC)c2cccs2)cn1. The quantitative estimate of drug-likeness (QED) is 0.700. The minimum Gasteiger partial charge on any atom is -0.374 e. The molecular formula is C16H18N4OS. The molecule has 22 heavy (non-hydrogen) atoms. The van der Waals surface area contributed by atoms with Crippen molar-refractivity contribution in [3.05, 3.63) is 53.0 Å². The van der Waals surface area contributed by atoms with Gasteiger partial charge in [-0.15, -0.1) is 11.3 Å². The summed E-state index contributed by atoms with van der Waals surface area (Å²) in [5, 5.41) is 2.06. The fraction of sp³-hybridized carbons (Fsp3) is 0.312. The van der Waals surface area contributed by atoms with E-state index in [1.165, 1.54) is 4.88 Å². The van der Waals surface area contributed by atoms with Gasteiger partial charge in [-0.2, -0.15) is 0 Å². The lowest BCUT2D eigenvalue weighted by Gasteiger charge is -2.16. The third kappa shape index (κ3) is 3.08. The van der Waals surface area contributed by atoms with Crippen molar-refractivity contribution in [2.75, 3.05) is 7.11 Å². The van der Waals surface area contributed by atoms with Crippen LogP contribution in [0.25, 0.3) is 11.4 Å². The minimum atomic E-state index is 0.0174. The molecule has 0 aliphatic carbocycles. The largest absolute Gasteiger partial charge is 0.374 e. The Bertz CT molecular complexity index is 706. The van der Waals surface area contributed by atoms with Crippen molar-refractivity contribution in [2.45, 2.75) is 26.0 Å². The molecule has 3 heterocycles. The van der Waals surface area contributed by atoms with Gasteiger partial charge in [-0.1, -0.05) is 13.0 Å². The van der Waals surface area contributed by atoms with E-state index in [0.717, 1.165) is 23.6 Å². The normalized spacial score (nSPS) is 12.5. The van der Waals surface area contributed by atoms with Gasteiger partial charge >= 0.3 is 0 Å². The number of aromatic nitrogens is 4. The molecule has 0 aliphatic heterocycles. The van der Waals surface area contributed by atoms with E-state index in [1.807, 2.05) is 31.6 Å². The minimum absolute atomic E-state index is 0.0174. The average molecular weight is 314 g/mol. The maximum atomic E-state index is 5.63. The van der Waals surface area contributed by atoms with Crippen molar-refractivity contribution < 1.29 is 4.74 Å². The molecule has 114 valence electrons. The lowest BCUT2D eigenvalue weighted by molar-refractivity contribution is 0.0911. The highest BCUT2D eigenvalue weighted by Gasteiger charge is 2.15. The lowest BCUT2D eigenvalue weighted by atomic mass is 10.2. The molecule has 0 bridgehead atoms. The van der Waals surface area contributed by atoms with Gasteiger partial charge in [0.15, 0.2) is 0 Å². The van der Waals surface area contributed by atoms with Crippen molar-refractivity contribution in [2.24, 2.45) is 0 Å². The molecule has 0 radical (unpaired) electrons. The monoisotopic (exact) mass is 314 g/mol. The van der Waals surface area contributed by atoms with Gasteiger partial charge in [0.25, 0.3) is 0 Å². The smallest absolute Gasteiger partial charge is 0.143 e. The molecule has 0 saturated heterocycles. The van der Waals surface area contributed by atoms with Crippen molar-refractivity contribution in [1.82, 2.24) is 19.5 Å². The second-order valence-corrected chi connectivity index (χ2v) is 5.86. The van der Waals surface area contributed by atoms with E-state index in [0.29, 0.717) is 6.54 Å². The van der Waals surface area contributed by atoms with Crippen LogP contribution in [-0.4, -0.2) is 26.6 Å². The zero-order valence-corrected chi connectivity index (χ0v) is 13.5. The van der Waals surface area contributed by atoms with Crippen LogP contribution in [0.5, 0.6) is 0 Å². The highest BCUT2D eigenvalue weighted by molar-refractivity contribution is 7.10. The van der Waals surface area contributed by atoms with Gasteiger partial charge in [0.05, 0.1) is 12.1 Å². The van der Waals surface area contributed by atoms with Gasteiger partial charge < -0.3 is 9.30 Å².